The largest absolute Gasteiger partial charge is 0.457 e. The fourth-order valence-electron chi connectivity index (χ4n) is 1.74. The standard InChI is InChI=1S/C15H16ClNO/c1-10-3-4-11(2)15(7-10)18-14-6-5-13(16)8-12(14)9-17/h3-8H,9,17H2,1-2H3. The molecule has 2 rings (SSSR count). The molecule has 0 amide bonds. The summed E-state index contributed by atoms with van der Waals surface area (Å²) in [5.74, 6) is 1.61. The van der Waals surface area contributed by atoms with E-state index in [2.05, 4.69) is 6.07 Å². The molecule has 0 bridgehead atoms. The van der Waals surface area contributed by atoms with Crippen LogP contribution in [0, 0.1) is 13.8 Å². The van der Waals surface area contributed by atoms with Crippen LogP contribution >= 0.6 is 11.6 Å². The minimum atomic E-state index is 0.404. The molecule has 0 radical (unpaired) electrons. The van der Waals surface area contributed by atoms with Crippen molar-refractivity contribution in [1.29, 1.82) is 0 Å². The number of benzene rings is 2. The Bertz CT molecular complexity index is 566. The smallest absolute Gasteiger partial charge is 0.132 e. The van der Waals surface area contributed by atoms with Gasteiger partial charge in [-0.15, -0.1) is 0 Å². The van der Waals surface area contributed by atoms with Crippen molar-refractivity contribution in [2.24, 2.45) is 5.73 Å². The Balaban J connectivity index is 2.36. The van der Waals surface area contributed by atoms with E-state index in [4.69, 9.17) is 22.1 Å². The van der Waals surface area contributed by atoms with Crippen LogP contribution < -0.4 is 10.5 Å². The van der Waals surface area contributed by atoms with Gasteiger partial charge in [-0.3, -0.25) is 0 Å². The van der Waals surface area contributed by atoms with Gasteiger partial charge in [-0.2, -0.15) is 0 Å². The predicted octanol–water partition coefficient (Wildman–Crippen LogP) is 4.21. The summed E-state index contributed by atoms with van der Waals surface area (Å²) in [6.45, 7) is 4.46. The van der Waals surface area contributed by atoms with Crippen molar-refractivity contribution in [2.75, 3.05) is 0 Å². The third-order valence-electron chi connectivity index (χ3n) is 2.81. The molecule has 0 atom stereocenters. The van der Waals surface area contributed by atoms with Gasteiger partial charge in [-0.05, 0) is 49.2 Å². The number of nitrogens with two attached hydrogens (primary N) is 1. The summed E-state index contributed by atoms with van der Waals surface area (Å²) in [4.78, 5) is 0. The van der Waals surface area contributed by atoms with Crippen molar-refractivity contribution >= 4 is 11.6 Å². The molecule has 18 heavy (non-hydrogen) atoms. The topological polar surface area (TPSA) is 35.2 Å². The molecule has 0 spiro atoms. The zero-order valence-electron chi connectivity index (χ0n) is 10.5. The maximum Gasteiger partial charge on any atom is 0.132 e. The van der Waals surface area contributed by atoms with Gasteiger partial charge in [-0.1, -0.05) is 23.7 Å². The lowest BCUT2D eigenvalue weighted by atomic mass is 10.1. The van der Waals surface area contributed by atoms with E-state index in [1.54, 1.807) is 6.07 Å². The third-order valence-corrected chi connectivity index (χ3v) is 3.04. The fraction of sp³-hybridized carbons (Fsp3) is 0.200. The van der Waals surface area contributed by atoms with Crippen LogP contribution in [0.2, 0.25) is 5.02 Å². The van der Waals surface area contributed by atoms with Crippen LogP contribution in [-0.2, 0) is 6.54 Å². The van der Waals surface area contributed by atoms with E-state index in [-0.39, 0.29) is 0 Å². The normalized spacial score (nSPS) is 10.4. The van der Waals surface area contributed by atoms with Crippen LogP contribution in [-0.4, -0.2) is 0 Å². The first-order valence-electron chi connectivity index (χ1n) is 5.84. The van der Waals surface area contributed by atoms with Crippen LogP contribution in [0.4, 0.5) is 0 Å². The third kappa shape index (κ3) is 2.84. The maximum absolute atomic E-state index is 5.94. The minimum Gasteiger partial charge on any atom is -0.457 e. The highest BCUT2D eigenvalue weighted by Crippen LogP contribution is 2.30. The van der Waals surface area contributed by atoms with E-state index < -0.39 is 0 Å². The Morgan fingerprint density at radius 2 is 1.83 bits per heavy atom. The Kier molecular flexibility index (Phi) is 3.90. The first-order valence-corrected chi connectivity index (χ1v) is 6.21. The number of rotatable bonds is 3. The van der Waals surface area contributed by atoms with Crippen molar-refractivity contribution < 1.29 is 4.74 Å². The van der Waals surface area contributed by atoms with Gasteiger partial charge in [0.15, 0.2) is 0 Å². The highest BCUT2D eigenvalue weighted by molar-refractivity contribution is 6.30. The first-order chi connectivity index (χ1) is 8.60. The molecule has 0 aliphatic carbocycles. The molecule has 2 N–H and O–H groups in total. The molecule has 0 aliphatic heterocycles. The Morgan fingerprint density at radius 3 is 2.56 bits per heavy atom. The van der Waals surface area contributed by atoms with Gasteiger partial charge in [0.05, 0.1) is 0 Å². The average molecular weight is 262 g/mol. The zero-order valence-corrected chi connectivity index (χ0v) is 11.3. The van der Waals surface area contributed by atoms with E-state index in [0.717, 1.165) is 22.6 Å². The lowest BCUT2D eigenvalue weighted by Crippen LogP contribution is -2.00. The SMILES string of the molecule is Cc1ccc(C)c(Oc2ccc(Cl)cc2CN)c1. The lowest BCUT2D eigenvalue weighted by molar-refractivity contribution is 0.472. The molecule has 0 aliphatic rings. The predicted molar refractivity (Wildman–Crippen MR) is 75.3 cm³/mol. The van der Waals surface area contributed by atoms with Crippen molar-refractivity contribution in [3.63, 3.8) is 0 Å². The summed E-state index contributed by atoms with van der Waals surface area (Å²) in [5, 5.41) is 0.670. The summed E-state index contributed by atoms with van der Waals surface area (Å²) in [6.07, 6.45) is 0. The fourth-order valence-corrected chi connectivity index (χ4v) is 1.94. The molecule has 2 nitrogen and oxygen atoms in total. The van der Waals surface area contributed by atoms with E-state index in [1.165, 1.54) is 5.56 Å². The number of halogens is 1. The minimum absolute atomic E-state index is 0.404. The average Bonchev–Trinajstić information content (AvgIpc) is 2.36. The summed E-state index contributed by atoms with van der Waals surface area (Å²) in [7, 11) is 0. The number of ether oxygens (including phenoxy) is 1. The van der Waals surface area contributed by atoms with Gasteiger partial charge in [0.2, 0.25) is 0 Å². The Labute approximate surface area is 112 Å². The summed E-state index contributed by atoms with van der Waals surface area (Å²) < 4.78 is 5.93. The highest BCUT2D eigenvalue weighted by Gasteiger charge is 2.07. The van der Waals surface area contributed by atoms with Crippen LogP contribution in [0.1, 0.15) is 16.7 Å². The highest BCUT2D eigenvalue weighted by atomic mass is 35.5. The first kappa shape index (κ1) is 12.9. The van der Waals surface area contributed by atoms with Crippen LogP contribution in [0.25, 0.3) is 0 Å². The van der Waals surface area contributed by atoms with E-state index in [1.807, 2.05) is 38.1 Å². The summed E-state index contributed by atoms with van der Waals surface area (Å²) in [5.41, 5.74) is 8.87. The van der Waals surface area contributed by atoms with Crippen molar-refractivity contribution in [3.8, 4) is 11.5 Å². The monoisotopic (exact) mass is 261 g/mol. The van der Waals surface area contributed by atoms with Crippen LogP contribution in [0.3, 0.4) is 0 Å². The second kappa shape index (κ2) is 5.42. The van der Waals surface area contributed by atoms with Crippen molar-refractivity contribution in [2.45, 2.75) is 20.4 Å². The molecule has 0 fully saturated rings. The van der Waals surface area contributed by atoms with Gasteiger partial charge in [0, 0.05) is 17.1 Å². The quantitative estimate of drug-likeness (QED) is 0.898. The molecule has 3 heteroatoms. The molecular weight excluding hydrogens is 246 g/mol. The van der Waals surface area contributed by atoms with Crippen molar-refractivity contribution in [1.82, 2.24) is 0 Å². The zero-order chi connectivity index (χ0) is 13.1. The van der Waals surface area contributed by atoms with Gasteiger partial charge < -0.3 is 10.5 Å². The van der Waals surface area contributed by atoms with Gasteiger partial charge in [0.1, 0.15) is 11.5 Å². The molecule has 0 unspecified atom stereocenters. The summed E-state index contributed by atoms with van der Waals surface area (Å²) in [6, 6.07) is 11.6. The van der Waals surface area contributed by atoms with Crippen LogP contribution in [0.5, 0.6) is 11.5 Å². The van der Waals surface area contributed by atoms with E-state index in [9.17, 15) is 0 Å². The van der Waals surface area contributed by atoms with E-state index >= 15 is 0 Å². The molecule has 0 aromatic heterocycles. The maximum atomic E-state index is 5.94. The van der Waals surface area contributed by atoms with Gasteiger partial charge >= 0.3 is 0 Å². The molecule has 2 aromatic carbocycles. The Morgan fingerprint density at radius 1 is 1.06 bits per heavy atom. The van der Waals surface area contributed by atoms with Crippen LogP contribution in [0.15, 0.2) is 36.4 Å². The number of hydrogen-bond donors (Lipinski definition) is 1. The van der Waals surface area contributed by atoms with E-state index in [0.29, 0.717) is 11.6 Å². The second-order valence-electron chi connectivity index (χ2n) is 4.33. The molecule has 0 saturated heterocycles. The van der Waals surface area contributed by atoms with Crippen molar-refractivity contribution in [3.05, 3.63) is 58.1 Å². The second-order valence-corrected chi connectivity index (χ2v) is 4.76. The molecular formula is C15H16ClNO. The Hall–Kier alpha value is -1.51. The molecule has 2 aromatic rings. The number of aryl methyl sites for hydroxylation is 2. The lowest BCUT2D eigenvalue weighted by Gasteiger charge is -2.13. The number of hydrogen-bond acceptors (Lipinski definition) is 2. The van der Waals surface area contributed by atoms with Gasteiger partial charge in [-0.25, -0.2) is 0 Å². The molecule has 94 valence electrons. The molecule has 0 saturated carbocycles. The van der Waals surface area contributed by atoms with Gasteiger partial charge in [0.25, 0.3) is 0 Å². The summed E-state index contributed by atoms with van der Waals surface area (Å²) >= 11 is 5.94. The molecule has 0 heterocycles.